The number of aryl methyl sites for hydroxylation is 3. The standard InChI is InChI=1S/C28H26N2O3S/c1-5-32-25-14-21(10-11-24(25)33-16-20-8-6-17(2)7-9-20)15-26-27(31)30-23-13-19(4)18(3)12-22(23)29-28(30)34-26/h6-15H,5,16H2,1-4H3/b26-15-. The van der Waals surface area contributed by atoms with E-state index in [1.54, 1.807) is 4.40 Å². The van der Waals surface area contributed by atoms with Gasteiger partial charge in [-0.15, -0.1) is 0 Å². The molecule has 2 aromatic heterocycles. The Bertz CT molecular complexity index is 1610. The van der Waals surface area contributed by atoms with Crippen molar-refractivity contribution < 1.29 is 9.47 Å². The first kappa shape index (κ1) is 22.2. The van der Waals surface area contributed by atoms with Crippen molar-refractivity contribution in [1.29, 1.82) is 0 Å². The quantitative estimate of drug-likeness (QED) is 0.335. The molecule has 0 bridgehead atoms. The zero-order chi connectivity index (χ0) is 23.8. The topological polar surface area (TPSA) is 52.8 Å². The van der Waals surface area contributed by atoms with E-state index in [1.165, 1.54) is 22.5 Å². The van der Waals surface area contributed by atoms with E-state index in [9.17, 15) is 4.79 Å². The van der Waals surface area contributed by atoms with Crippen LogP contribution in [0.4, 0.5) is 0 Å². The lowest BCUT2D eigenvalue weighted by Gasteiger charge is -2.13. The van der Waals surface area contributed by atoms with Crippen molar-refractivity contribution in [3.8, 4) is 11.5 Å². The molecule has 0 amide bonds. The summed E-state index contributed by atoms with van der Waals surface area (Å²) in [4.78, 5) is 18.6. The molecule has 3 aromatic carbocycles. The number of imidazole rings is 1. The predicted octanol–water partition coefficient (Wildman–Crippen LogP) is 5.36. The minimum Gasteiger partial charge on any atom is -0.490 e. The Labute approximate surface area is 201 Å². The monoisotopic (exact) mass is 470 g/mol. The molecule has 0 atom stereocenters. The van der Waals surface area contributed by atoms with Gasteiger partial charge in [0.15, 0.2) is 16.5 Å². The molecule has 0 aliphatic rings. The Morgan fingerprint density at radius 2 is 1.71 bits per heavy atom. The first-order valence-electron chi connectivity index (χ1n) is 11.3. The van der Waals surface area contributed by atoms with Gasteiger partial charge in [0.05, 0.1) is 22.2 Å². The van der Waals surface area contributed by atoms with Crippen LogP contribution >= 0.6 is 11.3 Å². The highest BCUT2D eigenvalue weighted by Gasteiger charge is 2.13. The molecule has 5 nitrogen and oxygen atoms in total. The number of nitrogens with zero attached hydrogens (tertiary/aromatic N) is 2. The lowest BCUT2D eigenvalue weighted by Crippen LogP contribution is -2.22. The second-order valence-corrected chi connectivity index (χ2v) is 9.49. The molecule has 5 rings (SSSR count). The van der Waals surface area contributed by atoms with E-state index in [0.717, 1.165) is 27.7 Å². The van der Waals surface area contributed by atoms with Crippen LogP contribution in [0.15, 0.2) is 59.4 Å². The molecule has 0 spiro atoms. The van der Waals surface area contributed by atoms with Crippen LogP contribution in [0.1, 0.15) is 34.7 Å². The normalized spacial score (nSPS) is 12.1. The van der Waals surface area contributed by atoms with E-state index in [4.69, 9.17) is 9.47 Å². The highest BCUT2D eigenvalue weighted by Crippen LogP contribution is 2.30. The van der Waals surface area contributed by atoms with Crippen LogP contribution in [0, 0.1) is 20.8 Å². The van der Waals surface area contributed by atoms with Gasteiger partial charge in [-0.2, -0.15) is 0 Å². The first-order chi connectivity index (χ1) is 16.4. The molecule has 0 aliphatic carbocycles. The molecule has 0 saturated carbocycles. The summed E-state index contributed by atoms with van der Waals surface area (Å²) >= 11 is 1.40. The van der Waals surface area contributed by atoms with Gasteiger partial charge in [-0.3, -0.25) is 4.79 Å². The highest BCUT2D eigenvalue weighted by molar-refractivity contribution is 7.15. The SMILES string of the molecule is CCOc1cc(/C=c2\sc3nc4cc(C)c(C)cc4n3c2=O)ccc1OCc1ccc(C)cc1. The molecule has 2 heterocycles. The van der Waals surface area contributed by atoms with Gasteiger partial charge in [-0.25, -0.2) is 9.38 Å². The molecule has 0 fully saturated rings. The van der Waals surface area contributed by atoms with Crippen LogP contribution in [0.25, 0.3) is 22.1 Å². The third-order valence-corrected chi connectivity index (χ3v) is 6.90. The fourth-order valence-corrected chi connectivity index (χ4v) is 4.90. The number of thiazole rings is 1. The number of ether oxygens (including phenoxy) is 2. The summed E-state index contributed by atoms with van der Waals surface area (Å²) in [5.74, 6) is 1.34. The summed E-state index contributed by atoms with van der Waals surface area (Å²) in [5, 5.41) is 0. The molecular weight excluding hydrogens is 444 g/mol. The van der Waals surface area contributed by atoms with Gasteiger partial charge in [0, 0.05) is 0 Å². The predicted molar refractivity (Wildman–Crippen MR) is 138 cm³/mol. The number of hydrogen-bond acceptors (Lipinski definition) is 5. The highest BCUT2D eigenvalue weighted by atomic mass is 32.1. The minimum absolute atomic E-state index is 0.0524. The molecule has 34 heavy (non-hydrogen) atoms. The molecule has 0 unspecified atom stereocenters. The maximum absolute atomic E-state index is 13.2. The third-order valence-electron chi connectivity index (χ3n) is 5.93. The maximum atomic E-state index is 13.2. The Morgan fingerprint density at radius 3 is 2.47 bits per heavy atom. The summed E-state index contributed by atoms with van der Waals surface area (Å²) in [7, 11) is 0. The van der Waals surface area contributed by atoms with Crippen molar-refractivity contribution in [1.82, 2.24) is 9.38 Å². The van der Waals surface area contributed by atoms with Crippen LogP contribution in [0.5, 0.6) is 11.5 Å². The molecule has 0 radical (unpaired) electrons. The van der Waals surface area contributed by atoms with Crippen molar-refractivity contribution in [3.05, 3.63) is 97.3 Å². The minimum atomic E-state index is -0.0524. The summed E-state index contributed by atoms with van der Waals surface area (Å²) < 4.78 is 14.2. The molecular formula is C28H26N2O3S. The van der Waals surface area contributed by atoms with Gasteiger partial charge in [0.1, 0.15) is 6.61 Å². The Balaban J connectivity index is 1.49. The number of fused-ring (bicyclic) bond motifs is 3. The second kappa shape index (κ2) is 8.95. The third kappa shape index (κ3) is 4.17. The largest absolute Gasteiger partial charge is 0.490 e. The zero-order valence-corrected chi connectivity index (χ0v) is 20.5. The van der Waals surface area contributed by atoms with Gasteiger partial charge in [-0.1, -0.05) is 47.2 Å². The van der Waals surface area contributed by atoms with Crippen molar-refractivity contribution in [2.24, 2.45) is 0 Å². The maximum Gasteiger partial charge on any atom is 0.274 e. The number of hydrogen-bond donors (Lipinski definition) is 0. The summed E-state index contributed by atoms with van der Waals surface area (Å²) in [6.45, 7) is 9.10. The van der Waals surface area contributed by atoms with E-state index in [1.807, 2.05) is 43.3 Å². The Morgan fingerprint density at radius 1 is 0.941 bits per heavy atom. The molecule has 0 saturated heterocycles. The van der Waals surface area contributed by atoms with Crippen molar-refractivity contribution in [2.45, 2.75) is 34.3 Å². The van der Waals surface area contributed by atoms with Gasteiger partial charge >= 0.3 is 0 Å². The van der Waals surface area contributed by atoms with Crippen LogP contribution in [-0.2, 0) is 6.61 Å². The number of benzene rings is 3. The Hall–Kier alpha value is -3.64. The number of aromatic nitrogens is 2. The van der Waals surface area contributed by atoms with E-state index in [-0.39, 0.29) is 5.56 Å². The van der Waals surface area contributed by atoms with Crippen LogP contribution in [0.2, 0.25) is 0 Å². The van der Waals surface area contributed by atoms with E-state index < -0.39 is 0 Å². The molecule has 0 aliphatic heterocycles. The fourth-order valence-electron chi connectivity index (χ4n) is 3.92. The average molecular weight is 471 g/mol. The smallest absolute Gasteiger partial charge is 0.274 e. The Kier molecular flexibility index (Phi) is 5.84. The van der Waals surface area contributed by atoms with Gasteiger partial charge in [0.2, 0.25) is 0 Å². The van der Waals surface area contributed by atoms with Crippen LogP contribution in [-0.4, -0.2) is 16.0 Å². The van der Waals surface area contributed by atoms with Gasteiger partial charge < -0.3 is 9.47 Å². The van der Waals surface area contributed by atoms with Crippen LogP contribution < -0.4 is 19.6 Å². The number of rotatable bonds is 6. The van der Waals surface area contributed by atoms with E-state index in [0.29, 0.717) is 34.2 Å². The lowest BCUT2D eigenvalue weighted by atomic mass is 10.1. The average Bonchev–Trinajstić information content (AvgIpc) is 3.30. The van der Waals surface area contributed by atoms with E-state index >= 15 is 0 Å². The summed E-state index contributed by atoms with van der Waals surface area (Å²) in [6, 6.07) is 18.1. The van der Waals surface area contributed by atoms with Crippen molar-refractivity contribution in [2.75, 3.05) is 6.61 Å². The van der Waals surface area contributed by atoms with Gasteiger partial charge in [-0.05, 0) is 80.3 Å². The molecule has 172 valence electrons. The molecule has 0 N–H and O–H groups in total. The lowest BCUT2D eigenvalue weighted by molar-refractivity contribution is 0.269. The van der Waals surface area contributed by atoms with Crippen molar-refractivity contribution >= 4 is 33.4 Å². The molecule has 6 heteroatoms. The first-order valence-corrected chi connectivity index (χ1v) is 12.1. The van der Waals surface area contributed by atoms with E-state index in [2.05, 4.69) is 50.0 Å². The molecule has 5 aromatic rings. The van der Waals surface area contributed by atoms with Crippen molar-refractivity contribution in [3.63, 3.8) is 0 Å². The van der Waals surface area contributed by atoms with Gasteiger partial charge in [0.25, 0.3) is 5.56 Å². The summed E-state index contributed by atoms with van der Waals surface area (Å²) in [5.41, 5.74) is 7.17. The fraction of sp³-hybridized carbons (Fsp3) is 0.214. The second-order valence-electron chi connectivity index (χ2n) is 8.48. The van der Waals surface area contributed by atoms with Crippen LogP contribution in [0.3, 0.4) is 0 Å². The zero-order valence-electron chi connectivity index (χ0n) is 19.7. The summed E-state index contributed by atoms with van der Waals surface area (Å²) in [6.07, 6.45) is 1.89.